The molecule has 1 heterocycles. The highest BCUT2D eigenvalue weighted by Gasteiger charge is 2.20. The molecule has 132 valence electrons. The van der Waals surface area contributed by atoms with Gasteiger partial charge in [0.15, 0.2) is 11.5 Å². The lowest BCUT2D eigenvalue weighted by molar-refractivity contribution is 0.102. The van der Waals surface area contributed by atoms with Gasteiger partial charge in [0.05, 0.1) is 25.9 Å². The SMILES string of the molecule is COc1cc2c(cc1C(=O)Nc1cccc3ccccc13)OCCCO2. The number of carbonyl (C=O) groups excluding carboxylic acids is 1. The summed E-state index contributed by atoms with van der Waals surface area (Å²) in [6.07, 6.45) is 0.800. The number of hydrogen-bond donors (Lipinski definition) is 1. The molecule has 0 fully saturated rings. The Labute approximate surface area is 151 Å². The van der Waals surface area contributed by atoms with Crippen LogP contribution in [0.1, 0.15) is 16.8 Å². The largest absolute Gasteiger partial charge is 0.496 e. The second kappa shape index (κ2) is 6.96. The van der Waals surface area contributed by atoms with Crippen molar-refractivity contribution in [3.8, 4) is 17.2 Å². The molecule has 0 radical (unpaired) electrons. The van der Waals surface area contributed by atoms with Crippen LogP contribution in [0.25, 0.3) is 10.8 Å². The van der Waals surface area contributed by atoms with Crippen molar-refractivity contribution in [3.05, 3.63) is 60.2 Å². The summed E-state index contributed by atoms with van der Waals surface area (Å²) >= 11 is 0. The molecule has 5 nitrogen and oxygen atoms in total. The highest BCUT2D eigenvalue weighted by molar-refractivity contribution is 6.10. The first-order valence-corrected chi connectivity index (χ1v) is 8.53. The monoisotopic (exact) mass is 349 g/mol. The molecule has 1 aliphatic heterocycles. The molecule has 0 unspecified atom stereocenters. The molecule has 3 aromatic carbocycles. The minimum atomic E-state index is -0.256. The summed E-state index contributed by atoms with van der Waals surface area (Å²) in [7, 11) is 1.54. The normalized spacial score (nSPS) is 13.1. The van der Waals surface area contributed by atoms with Gasteiger partial charge in [-0.05, 0) is 11.5 Å². The van der Waals surface area contributed by atoms with E-state index < -0.39 is 0 Å². The van der Waals surface area contributed by atoms with E-state index in [1.165, 1.54) is 7.11 Å². The van der Waals surface area contributed by atoms with Gasteiger partial charge in [-0.3, -0.25) is 4.79 Å². The zero-order chi connectivity index (χ0) is 17.9. The van der Waals surface area contributed by atoms with Crippen LogP contribution in [0.5, 0.6) is 17.2 Å². The molecule has 0 atom stereocenters. The molecule has 5 heteroatoms. The Balaban J connectivity index is 1.70. The van der Waals surface area contributed by atoms with Crippen molar-refractivity contribution < 1.29 is 19.0 Å². The number of hydrogen-bond acceptors (Lipinski definition) is 4. The summed E-state index contributed by atoms with van der Waals surface area (Å²) in [5.74, 6) is 1.35. The van der Waals surface area contributed by atoms with Crippen LogP contribution in [0.4, 0.5) is 5.69 Å². The summed E-state index contributed by atoms with van der Waals surface area (Å²) in [6, 6.07) is 17.1. The van der Waals surface area contributed by atoms with Crippen LogP contribution in [0.2, 0.25) is 0 Å². The zero-order valence-electron chi connectivity index (χ0n) is 14.5. The first kappa shape index (κ1) is 16.3. The second-order valence-corrected chi connectivity index (χ2v) is 6.03. The minimum absolute atomic E-state index is 0.256. The lowest BCUT2D eigenvalue weighted by Gasteiger charge is -2.14. The summed E-state index contributed by atoms with van der Waals surface area (Å²) in [5.41, 5.74) is 1.16. The number of rotatable bonds is 3. The van der Waals surface area contributed by atoms with Crippen molar-refractivity contribution in [1.82, 2.24) is 0 Å². The van der Waals surface area contributed by atoms with Gasteiger partial charge in [0.25, 0.3) is 5.91 Å². The zero-order valence-corrected chi connectivity index (χ0v) is 14.5. The van der Waals surface area contributed by atoms with E-state index in [1.807, 2.05) is 42.5 Å². The van der Waals surface area contributed by atoms with E-state index in [0.717, 1.165) is 22.9 Å². The van der Waals surface area contributed by atoms with Crippen LogP contribution >= 0.6 is 0 Å². The molecule has 3 aromatic rings. The molecule has 0 saturated heterocycles. The summed E-state index contributed by atoms with van der Waals surface area (Å²) in [5, 5.41) is 5.03. The summed E-state index contributed by atoms with van der Waals surface area (Å²) < 4.78 is 16.8. The molecule has 26 heavy (non-hydrogen) atoms. The maximum absolute atomic E-state index is 12.9. The molecular formula is C21H19NO4. The number of benzene rings is 3. The number of nitrogens with one attached hydrogen (secondary N) is 1. The van der Waals surface area contributed by atoms with E-state index in [9.17, 15) is 4.79 Å². The van der Waals surface area contributed by atoms with Gasteiger partial charge >= 0.3 is 0 Å². The van der Waals surface area contributed by atoms with Gasteiger partial charge in [-0.1, -0.05) is 36.4 Å². The van der Waals surface area contributed by atoms with Gasteiger partial charge in [0.1, 0.15) is 5.75 Å². The van der Waals surface area contributed by atoms with E-state index in [0.29, 0.717) is 36.0 Å². The van der Waals surface area contributed by atoms with Crippen molar-refractivity contribution in [1.29, 1.82) is 0 Å². The van der Waals surface area contributed by atoms with Crippen molar-refractivity contribution in [2.45, 2.75) is 6.42 Å². The highest BCUT2D eigenvalue weighted by atomic mass is 16.5. The minimum Gasteiger partial charge on any atom is -0.496 e. The Hall–Kier alpha value is -3.21. The smallest absolute Gasteiger partial charge is 0.259 e. The van der Waals surface area contributed by atoms with Gasteiger partial charge in [-0.15, -0.1) is 0 Å². The Morgan fingerprint density at radius 1 is 1.00 bits per heavy atom. The second-order valence-electron chi connectivity index (χ2n) is 6.03. The van der Waals surface area contributed by atoms with E-state index in [-0.39, 0.29) is 5.91 Å². The molecule has 0 saturated carbocycles. The standard InChI is InChI=1S/C21H19NO4/c1-24-18-13-20-19(25-10-5-11-26-20)12-16(18)21(23)22-17-9-4-7-14-6-2-3-8-15(14)17/h2-4,6-9,12-13H,5,10-11H2,1H3,(H,22,23). The van der Waals surface area contributed by atoms with Crippen LogP contribution in [0.15, 0.2) is 54.6 Å². The number of ether oxygens (including phenoxy) is 3. The molecule has 0 aliphatic carbocycles. The maximum Gasteiger partial charge on any atom is 0.259 e. The van der Waals surface area contributed by atoms with Gasteiger partial charge in [-0.25, -0.2) is 0 Å². The topological polar surface area (TPSA) is 56.8 Å². The fraction of sp³-hybridized carbons (Fsp3) is 0.190. The number of methoxy groups -OCH3 is 1. The Morgan fingerprint density at radius 2 is 1.73 bits per heavy atom. The molecule has 4 rings (SSSR count). The molecule has 0 bridgehead atoms. The number of anilines is 1. The third-order valence-corrected chi connectivity index (χ3v) is 4.35. The number of fused-ring (bicyclic) bond motifs is 2. The van der Waals surface area contributed by atoms with E-state index >= 15 is 0 Å². The molecule has 1 aliphatic rings. The Morgan fingerprint density at radius 3 is 2.54 bits per heavy atom. The average molecular weight is 349 g/mol. The van der Waals surface area contributed by atoms with Gasteiger partial charge in [0, 0.05) is 29.6 Å². The summed E-state index contributed by atoms with van der Waals surface area (Å²) in [4.78, 5) is 12.9. The average Bonchev–Trinajstić information content (AvgIpc) is 2.92. The Bertz CT molecular complexity index is 962. The van der Waals surface area contributed by atoms with Crippen molar-refractivity contribution in [2.24, 2.45) is 0 Å². The van der Waals surface area contributed by atoms with Crippen LogP contribution in [0.3, 0.4) is 0 Å². The van der Waals surface area contributed by atoms with Crippen LogP contribution in [-0.4, -0.2) is 26.2 Å². The third kappa shape index (κ3) is 3.04. The van der Waals surface area contributed by atoms with E-state index in [4.69, 9.17) is 14.2 Å². The molecule has 1 amide bonds. The Kier molecular flexibility index (Phi) is 4.35. The number of carbonyl (C=O) groups is 1. The lowest BCUT2D eigenvalue weighted by Crippen LogP contribution is -2.14. The van der Waals surface area contributed by atoms with Crippen LogP contribution < -0.4 is 19.5 Å². The lowest BCUT2D eigenvalue weighted by atomic mass is 10.1. The number of amides is 1. The van der Waals surface area contributed by atoms with Crippen LogP contribution in [-0.2, 0) is 0 Å². The molecule has 1 N–H and O–H groups in total. The third-order valence-electron chi connectivity index (χ3n) is 4.35. The molecule has 0 aromatic heterocycles. The van der Waals surface area contributed by atoms with Crippen molar-refractivity contribution in [2.75, 3.05) is 25.6 Å². The quantitative estimate of drug-likeness (QED) is 0.767. The predicted molar refractivity (Wildman–Crippen MR) is 101 cm³/mol. The molecule has 0 spiro atoms. The fourth-order valence-electron chi connectivity index (χ4n) is 3.06. The molecular weight excluding hydrogens is 330 g/mol. The summed E-state index contributed by atoms with van der Waals surface area (Å²) in [6.45, 7) is 1.14. The van der Waals surface area contributed by atoms with Crippen LogP contribution in [0, 0.1) is 0 Å². The highest BCUT2D eigenvalue weighted by Crippen LogP contribution is 2.37. The maximum atomic E-state index is 12.9. The van der Waals surface area contributed by atoms with Gasteiger partial charge < -0.3 is 19.5 Å². The van der Waals surface area contributed by atoms with Gasteiger partial charge in [0.2, 0.25) is 0 Å². The van der Waals surface area contributed by atoms with Gasteiger partial charge in [-0.2, -0.15) is 0 Å². The van der Waals surface area contributed by atoms with Crippen molar-refractivity contribution in [3.63, 3.8) is 0 Å². The van der Waals surface area contributed by atoms with E-state index in [2.05, 4.69) is 5.32 Å². The van der Waals surface area contributed by atoms with Crippen molar-refractivity contribution >= 4 is 22.4 Å². The first-order valence-electron chi connectivity index (χ1n) is 8.53. The predicted octanol–water partition coefficient (Wildman–Crippen LogP) is 4.26. The fourth-order valence-corrected chi connectivity index (χ4v) is 3.06. The first-order chi connectivity index (χ1) is 12.8. The van der Waals surface area contributed by atoms with E-state index in [1.54, 1.807) is 12.1 Å².